The first-order valence-corrected chi connectivity index (χ1v) is 10.1. The van der Waals surface area contributed by atoms with E-state index < -0.39 is 0 Å². The highest BCUT2D eigenvalue weighted by Gasteiger charge is 2.05. The summed E-state index contributed by atoms with van der Waals surface area (Å²) >= 11 is 0. The second-order valence-corrected chi connectivity index (χ2v) is 6.36. The van der Waals surface area contributed by atoms with Crippen LogP contribution >= 0.6 is 24.0 Å². The van der Waals surface area contributed by atoms with E-state index in [1.54, 1.807) is 14.2 Å². The lowest BCUT2D eigenvalue weighted by Gasteiger charge is -2.17. The third kappa shape index (κ3) is 10.4. The van der Waals surface area contributed by atoms with Crippen molar-refractivity contribution < 1.29 is 9.47 Å². The quantitative estimate of drug-likeness (QED) is 0.186. The number of guanidine groups is 1. The second-order valence-electron chi connectivity index (χ2n) is 6.36. The third-order valence-corrected chi connectivity index (χ3v) is 4.55. The molecule has 0 unspecified atom stereocenters. The molecule has 1 rings (SSSR count). The van der Waals surface area contributed by atoms with Gasteiger partial charge < -0.3 is 25.0 Å². The zero-order valence-electron chi connectivity index (χ0n) is 18.2. The van der Waals surface area contributed by atoms with Gasteiger partial charge in [-0.3, -0.25) is 4.99 Å². The molecule has 0 saturated carbocycles. The van der Waals surface area contributed by atoms with E-state index in [2.05, 4.69) is 47.4 Å². The molecule has 0 heterocycles. The van der Waals surface area contributed by atoms with E-state index in [4.69, 9.17) is 9.47 Å². The molecule has 0 aliphatic heterocycles. The first-order chi connectivity index (χ1) is 13.2. The Bertz CT molecular complexity index is 551. The zero-order chi connectivity index (χ0) is 19.9. The number of rotatable bonds is 13. The molecule has 6 nitrogen and oxygen atoms in total. The summed E-state index contributed by atoms with van der Waals surface area (Å²) in [5, 5.41) is 6.73. The topological polar surface area (TPSA) is 58.1 Å². The van der Waals surface area contributed by atoms with Crippen LogP contribution in [0.1, 0.15) is 39.2 Å². The standard InChI is InChI=1S/C21H38N4O2.HI/c1-6-22-21(23-14-9-10-16-25(7-2)8-3)24-15-13-18-11-12-19(26-4)20(17-18)27-5;/h11-12,17H,6-10,13-16H2,1-5H3,(H2,22,23,24);1H. The van der Waals surface area contributed by atoms with Gasteiger partial charge in [0.1, 0.15) is 0 Å². The summed E-state index contributed by atoms with van der Waals surface area (Å²) < 4.78 is 10.7. The molecule has 0 fully saturated rings. The molecule has 1 aromatic carbocycles. The van der Waals surface area contributed by atoms with Crippen molar-refractivity contribution in [3.63, 3.8) is 0 Å². The van der Waals surface area contributed by atoms with Crippen molar-refractivity contribution in [2.45, 2.75) is 40.0 Å². The molecule has 0 aromatic heterocycles. The lowest BCUT2D eigenvalue weighted by atomic mass is 10.1. The van der Waals surface area contributed by atoms with Gasteiger partial charge in [-0.05, 0) is 63.5 Å². The zero-order valence-corrected chi connectivity index (χ0v) is 20.5. The number of halogens is 1. The van der Waals surface area contributed by atoms with E-state index in [-0.39, 0.29) is 24.0 Å². The number of nitrogens with one attached hydrogen (secondary N) is 2. The average molecular weight is 506 g/mol. The second kappa shape index (κ2) is 16.7. The summed E-state index contributed by atoms with van der Waals surface area (Å²) in [4.78, 5) is 7.14. The predicted octanol–water partition coefficient (Wildman–Crippen LogP) is 3.54. The highest BCUT2D eigenvalue weighted by atomic mass is 127. The van der Waals surface area contributed by atoms with Crippen molar-refractivity contribution in [1.29, 1.82) is 0 Å². The van der Waals surface area contributed by atoms with Gasteiger partial charge >= 0.3 is 0 Å². The Hall–Kier alpha value is -1.22. The van der Waals surface area contributed by atoms with Crippen LogP contribution in [0.2, 0.25) is 0 Å². The minimum Gasteiger partial charge on any atom is -0.493 e. The summed E-state index contributed by atoms with van der Waals surface area (Å²) in [5.74, 6) is 2.42. The molecule has 28 heavy (non-hydrogen) atoms. The van der Waals surface area contributed by atoms with Crippen LogP contribution in [0, 0.1) is 0 Å². The molecular formula is C21H39IN4O2. The number of unbranched alkanes of at least 4 members (excludes halogenated alkanes) is 1. The summed E-state index contributed by atoms with van der Waals surface area (Å²) in [6.07, 6.45) is 3.20. The van der Waals surface area contributed by atoms with Crippen LogP contribution in [0.25, 0.3) is 0 Å². The molecule has 0 aliphatic rings. The van der Waals surface area contributed by atoms with E-state index in [9.17, 15) is 0 Å². The van der Waals surface area contributed by atoms with Gasteiger partial charge in [0.25, 0.3) is 0 Å². The van der Waals surface area contributed by atoms with Crippen molar-refractivity contribution in [3.05, 3.63) is 23.8 Å². The number of hydrogen-bond acceptors (Lipinski definition) is 4. The maximum absolute atomic E-state index is 5.37. The fraction of sp³-hybridized carbons (Fsp3) is 0.667. The molecule has 0 bridgehead atoms. The van der Waals surface area contributed by atoms with E-state index in [0.29, 0.717) is 0 Å². The Balaban J connectivity index is 0.00000729. The highest BCUT2D eigenvalue weighted by molar-refractivity contribution is 14.0. The van der Waals surface area contributed by atoms with Gasteiger partial charge in [0, 0.05) is 19.6 Å². The molecular weight excluding hydrogens is 467 g/mol. The van der Waals surface area contributed by atoms with E-state index in [1.165, 1.54) is 12.0 Å². The SMILES string of the molecule is CCNC(=NCCCCN(CC)CC)NCCc1ccc(OC)c(OC)c1.I. The Labute approximate surface area is 188 Å². The van der Waals surface area contributed by atoms with Crippen LogP contribution in [0.3, 0.4) is 0 Å². The number of nitrogens with zero attached hydrogens (tertiary/aromatic N) is 2. The first kappa shape index (κ1) is 26.8. The number of ether oxygens (including phenoxy) is 2. The van der Waals surface area contributed by atoms with Crippen LogP contribution < -0.4 is 20.1 Å². The normalized spacial score (nSPS) is 11.1. The van der Waals surface area contributed by atoms with Gasteiger partial charge in [-0.25, -0.2) is 0 Å². The average Bonchev–Trinajstić information content (AvgIpc) is 2.70. The third-order valence-electron chi connectivity index (χ3n) is 4.55. The Morgan fingerprint density at radius 2 is 1.71 bits per heavy atom. The number of hydrogen-bond donors (Lipinski definition) is 2. The maximum Gasteiger partial charge on any atom is 0.191 e. The van der Waals surface area contributed by atoms with Crippen molar-refractivity contribution >= 4 is 29.9 Å². The smallest absolute Gasteiger partial charge is 0.191 e. The predicted molar refractivity (Wildman–Crippen MR) is 130 cm³/mol. The summed E-state index contributed by atoms with van der Waals surface area (Å²) in [7, 11) is 3.32. The van der Waals surface area contributed by atoms with Gasteiger partial charge in [-0.15, -0.1) is 24.0 Å². The van der Waals surface area contributed by atoms with Crippen molar-refractivity contribution in [2.24, 2.45) is 4.99 Å². The number of methoxy groups -OCH3 is 2. The lowest BCUT2D eigenvalue weighted by Crippen LogP contribution is -2.38. The minimum atomic E-state index is 0. The van der Waals surface area contributed by atoms with Crippen LogP contribution in [0.15, 0.2) is 23.2 Å². The Morgan fingerprint density at radius 1 is 1.00 bits per heavy atom. The summed E-state index contributed by atoms with van der Waals surface area (Å²) in [6.45, 7) is 12.5. The molecule has 2 N–H and O–H groups in total. The molecule has 7 heteroatoms. The van der Waals surface area contributed by atoms with E-state index in [0.717, 1.165) is 69.6 Å². The molecule has 0 spiro atoms. The van der Waals surface area contributed by atoms with Crippen molar-refractivity contribution in [1.82, 2.24) is 15.5 Å². The Morgan fingerprint density at radius 3 is 2.32 bits per heavy atom. The van der Waals surface area contributed by atoms with Gasteiger partial charge in [0.05, 0.1) is 14.2 Å². The van der Waals surface area contributed by atoms with E-state index in [1.807, 2.05) is 12.1 Å². The number of aliphatic imine (C=N–C) groups is 1. The molecule has 0 aliphatic carbocycles. The Kier molecular flexibility index (Phi) is 16.0. The van der Waals surface area contributed by atoms with Crippen molar-refractivity contribution in [3.8, 4) is 11.5 Å². The largest absolute Gasteiger partial charge is 0.493 e. The monoisotopic (exact) mass is 506 g/mol. The summed E-state index contributed by atoms with van der Waals surface area (Å²) in [6, 6.07) is 6.04. The lowest BCUT2D eigenvalue weighted by molar-refractivity contribution is 0.297. The maximum atomic E-state index is 5.37. The van der Waals surface area contributed by atoms with E-state index >= 15 is 0 Å². The van der Waals surface area contributed by atoms with Crippen LogP contribution in [0.4, 0.5) is 0 Å². The fourth-order valence-electron chi connectivity index (χ4n) is 2.88. The fourth-order valence-corrected chi connectivity index (χ4v) is 2.88. The van der Waals surface area contributed by atoms with Crippen LogP contribution in [-0.2, 0) is 6.42 Å². The van der Waals surface area contributed by atoms with Crippen LogP contribution in [-0.4, -0.2) is 64.3 Å². The highest BCUT2D eigenvalue weighted by Crippen LogP contribution is 2.27. The summed E-state index contributed by atoms with van der Waals surface area (Å²) in [5.41, 5.74) is 1.20. The molecule has 1 aromatic rings. The van der Waals surface area contributed by atoms with Crippen molar-refractivity contribution in [2.75, 3.05) is 53.5 Å². The van der Waals surface area contributed by atoms with Gasteiger partial charge in [0.15, 0.2) is 17.5 Å². The minimum absolute atomic E-state index is 0. The molecule has 0 radical (unpaired) electrons. The van der Waals surface area contributed by atoms with Gasteiger partial charge in [-0.1, -0.05) is 19.9 Å². The van der Waals surface area contributed by atoms with Crippen LogP contribution in [0.5, 0.6) is 11.5 Å². The number of benzene rings is 1. The van der Waals surface area contributed by atoms with Gasteiger partial charge in [0.2, 0.25) is 0 Å². The first-order valence-electron chi connectivity index (χ1n) is 10.1. The van der Waals surface area contributed by atoms with Gasteiger partial charge in [-0.2, -0.15) is 0 Å². The molecule has 0 amide bonds. The molecule has 162 valence electrons. The molecule has 0 atom stereocenters. The molecule has 0 saturated heterocycles.